The van der Waals surface area contributed by atoms with E-state index in [1.54, 1.807) is 18.2 Å². The van der Waals surface area contributed by atoms with Crippen LogP contribution in [0.4, 0.5) is 0 Å². The number of carbonyl (C=O) groups is 1. The third-order valence-corrected chi connectivity index (χ3v) is 4.77. The second-order valence-electron chi connectivity index (χ2n) is 6.28. The Hall–Kier alpha value is -1.03. The summed E-state index contributed by atoms with van der Waals surface area (Å²) in [5, 5.41) is 3.79. The summed E-state index contributed by atoms with van der Waals surface area (Å²) in [5.41, 5.74) is 1.69. The van der Waals surface area contributed by atoms with Gasteiger partial charge >= 0.3 is 0 Å². The first-order chi connectivity index (χ1) is 10.8. The highest BCUT2D eigenvalue weighted by atomic mass is 79.9. The van der Waals surface area contributed by atoms with E-state index in [4.69, 9.17) is 23.2 Å². The van der Waals surface area contributed by atoms with Gasteiger partial charge in [0.1, 0.15) is 0 Å². The van der Waals surface area contributed by atoms with Crippen molar-refractivity contribution in [1.29, 1.82) is 0 Å². The van der Waals surface area contributed by atoms with Crippen LogP contribution in [-0.2, 0) is 6.42 Å². The number of nitrogens with one attached hydrogen (secondary N) is 1. The van der Waals surface area contributed by atoms with E-state index in [0.717, 1.165) is 10.9 Å². The second kappa shape index (κ2) is 7.69. The Morgan fingerprint density at radius 2 is 1.74 bits per heavy atom. The molecule has 0 unspecified atom stereocenters. The van der Waals surface area contributed by atoms with Crippen LogP contribution in [0.3, 0.4) is 0 Å². The molecule has 0 radical (unpaired) electrons. The summed E-state index contributed by atoms with van der Waals surface area (Å²) in [6.07, 6.45) is 0.877. The normalized spacial score (nSPS) is 11.3. The summed E-state index contributed by atoms with van der Waals surface area (Å²) < 4.78 is 1.06. The van der Waals surface area contributed by atoms with Crippen LogP contribution in [0.15, 0.2) is 46.9 Å². The molecule has 2 aromatic rings. The lowest BCUT2D eigenvalue weighted by molar-refractivity contribution is 0.0936. The molecule has 23 heavy (non-hydrogen) atoms. The molecule has 2 aromatic carbocycles. The van der Waals surface area contributed by atoms with Crippen molar-refractivity contribution in [3.8, 4) is 0 Å². The molecule has 2 rings (SSSR count). The van der Waals surface area contributed by atoms with E-state index in [9.17, 15) is 4.79 Å². The summed E-state index contributed by atoms with van der Waals surface area (Å²) in [6.45, 7) is 4.83. The van der Waals surface area contributed by atoms with Crippen molar-refractivity contribution >= 4 is 45.0 Å². The summed E-state index contributed by atoms with van der Waals surface area (Å²) in [4.78, 5) is 12.2. The van der Waals surface area contributed by atoms with Gasteiger partial charge in [0.05, 0.1) is 10.0 Å². The predicted molar refractivity (Wildman–Crippen MR) is 100 cm³/mol. The molecule has 0 aliphatic heterocycles. The van der Waals surface area contributed by atoms with Crippen LogP contribution in [0.2, 0.25) is 10.0 Å². The highest BCUT2D eigenvalue weighted by Crippen LogP contribution is 2.24. The summed E-state index contributed by atoms with van der Waals surface area (Å²) in [7, 11) is 0. The van der Waals surface area contributed by atoms with Crippen LogP contribution in [0.5, 0.6) is 0 Å². The maximum atomic E-state index is 12.2. The van der Waals surface area contributed by atoms with Crippen LogP contribution in [0.25, 0.3) is 0 Å². The molecule has 0 atom stereocenters. The third kappa shape index (κ3) is 5.52. The molecular formula is C18H18BrCl2NO. The summed E-state index contributed by atoms with van der Waals surface area (Å²) >= 11 is 15.3. The zero-order chi connectivity index (χ0) is 17.0. The largest absolute Gasteiger partial charge is 0.351 e. The van der Waals surface area contributed by atoms with Crippen LogP contribution in [0, 0.1) is 5.41 Å². The fraction of sp³-hybridized carbons (Fsp3) is 0.278. The van der Waals surface area contributed by atoms with Crippen molar-refractivity contribution in [1.82, 2.24) is 5.32 Å². The molecule has 0 fully saturated rings. The maximum absolute atomic E-state index is 12.2. The molecule has 0 heterocycles. The Kier molecular flexibility index (Phi) is 6.12. The Bertz CT molecular complexity index is 699. The lowest BCUT2D eigenvalue weighted by Crippen LogP contribution is -2.35. The minimum absolute atomic E-state index is 0.0558. The third-order valence-electron chi connectivity index (χ3n) is 3.51. The first-order valence-electron chi connectivity index (χ1n) is 7.24. The number of halogens is 3. The number of amides is 1. The zero-order valence-corrected chi connectivity index (χ0v) is 16.1. The predicted octanol–water partition coefficient (Wildman–Crippen LogP) is 5.75. The molecule has 0 aliphatic rings. The molecule has 5 heteroatoms. The number of rotatable bonds is 5. The van der Waals surface area contributed by atoms with Crippen molar-refractivity contribution in [2.45, 2.75) is 20.3 Å². The van der Waals surface area contributed by atoms with Gasteiger partial charge in [-0.3, -0.25) is 4.79 Å². The molecule has 122 valence electrons. The van der Waals surface area contributed by atoms with Crippen molar-refractivity contribution in [2.75, 3.05) is 6.54 Å². The van der Waals surface area contributed by atoms with E-state index in [2.05, 4.69) is 47.2 Å². The van der Waals surface area contributed by atoms with Gasteiger partial charge in [0.15, 0.2) is 0 Å². The van der Waals surface area contributed by atoms with E-state index >= 15 is 0 Å². The lowest BCUT2D eigenvalue weighted by atomic mass is 9.85. The highest BCUT2D eigenvalue weighted by Gasteiger charge is 2.20. The van der Waals surface area contributed by atoms with E-state index in [0.29, 0.717) is 22.2 Å². The van der Waals surface area contributed by atoms with E-state index in [-0.39, 0.29) is 11.3 Å². The first kappa shape index (κ1) is 18.3. The standard InChI is InChI=1S/C18H18BrCl2NO/c1-18(2,10-12-3-6-14(19)7-4-12)11-22-17(23)13-5-8-15(20)16(21)9-13/h3-9H,10-11H2,1-2H3,(H,22,23). The van der Waals surface area contributed by atoms with E-state index in [1.165, 1.54) is 5.56 Å². The maximum Gasteiger partial charge on any atom is 0.251 e. The van der Waals surface area contributed by atoms with Crippen LogP contribution in [-0.4, -0.2) is 12.5 Å². The minimum Gasteiger partial charge on any atom is -0.351 e. The fourth-order valence-electron chi connectivity index (χ4n) is 2.28. The number of hydrogen-bond donors (Lipinski definition) is 1. The first-order valence-corrected chi connectivity index (χ1v) is 8.79. The second-order valence-corrected chi connectivity index (χ2v) is 8.01. The molecule has 2 nitrogen and oxygen atoms in total. The van der Waals surface area contributed by atoms with Crippen LogP contribution < -0.4 is 5.32 Å². The van der Waals surface area contributed by atoms with Crippen molar-refractivity contribution in [2.24, 2.45) is 5.41 Å². The number of hydrogen-bond acceptors (Lipinski definition) is 1. The van der Waals surface area contributed by atoms with Gasteiger partial charge < -0.3 is 5.32 Å². The Balaban J connectivity index is 1.96. The van der Waals surface area contributed by atoms with Gasteiger partial charge in [-0.05, 0) is 47.7 Å². The molecule has 0 aliphatic carbocycles. The van der Waals surface area contributed by atoms with Crippen molar-refractivity contribution < 1.29 is 4.79 Å². The summed E-state index contributed by atoms with van der Waals surface area (Å²) in [5.74, 6) is -0.146. The number of benzene rings is 2. The molecule has 0 spiro atoms. The monoisotopic (exact) mass is 413 g/mol. The van der Waals surface area contributed by atoms with Gasteiger partial charge in [-0.2, -0.15) is 0 Å². The van der Waals surface area contributed by atoms with Crippen molar-refractivity contribution in [3.05, 3.63) is 68.1 Å². The smallest absolute Gasteiger partial charge is 0.251 e. The van der Waals surface area contributed by atoms with Crippen molar-refractivity contribution in [3.63, 3.8) is 0 Å². The van der Waals surface area contributed by atoms with Gasteiger partial charge in [-0.1, -0.05) is 65.1 Å². The fourth-order valence-corrected chi connectivity index (χ4v) is 2.84. The van der Waals surface area contributed by atoms with Gasteiger partial charge in [0, 0.05) is 16.6 Å². The molecule has 0 saturated carbocycles. The molecule has 1 N–H and O–H groups in total. The SMILES string of the molecule is CC(C)(CNC(=O)c1ccc(Cl)c(Cl)c1)Cc1ccc(Br)cc1. The topological polar surface area (TPSA) is 29.1 Å². The molecule has 0 bridgehead atoms. The Labute approximate surface area is 155 Å². The quantitative estimate of drug-likeness (QED) is 0.662. The minimum atomic E-state index is -0.146. The van der Waals surface area contributed by atoms with Gasteiger partial charge in [0.25, 0.3) is 5.91 Å². The molecule has 0 saturated heterocycles. The molecular weight excluding hydrogens is 397 g/mol. The highest BCUT2D eigenvalue weighted by molar-refractivity contribution is 9.10. The number of carbonyl (C=O) groups excluding carboxylic acids is 1. The Morgan fingerprint density at radius 3 is 2.35 bits per heavy atom. The van der Waals surface area contributed by atoms with Crippen LogP contribution >= 0.6 is 39.1 Å². The average molecular weight is 415 g/mol. The molecule has 0 aromatic heterocycles. The zero-order valence-electron chi connectivity index (χ0n) is 13.0. The van der Waals surface area contributed by atoms with Crippen LogP contribution in [0.1, 0.15) is 29.8 Å². The van der Waals surface area contributed by atoms with E-state index < -0.39 is 0 Å². The lowest BCUT2D eigenvalue weighted by Gasteiger charge is -2.25. The van der Waals surface area contributed by atoms with Gasteiger partial charge in [0.2, 0.25) is 0 Å². The molecule has 1 amide bonds. The van der Waals surface area contributed by atoms with Gasteiger partial charge in [-0.15, -0.1) is 0 Å². The Morgan fingerprint density at radius 1 is 1.09 bits per heavy atom. The average Bonchev–Trinajstić information content (AvgIpc) is 2.50. The van der Waals surface area contributed by atoms with E-state index in [1.807, 2.05) is 12.1 Å². The summed E-state index contributed by atoms with van der Waals surface area (Å²) in [6, 6.07) is 13.1. The van der Waals surface area contributed by atoms with Gasteiger partial charge in [-0.25, -0.2) is 0 Å².